The lowest BCUT2D eigenvalue weighted by molar-refractivity contribution is 1.47. The second-order valence-corrected chi connectivity index (χ2v) is 5.14. The van der Waals surface area contributed by atoms with Gasteiger partial charge in [0.25, 0.3) is 0 Å². The lowest BCUT2D eigenvalue weighted by atomic mass is 10.2. The zero-order valence-corrected chi connectivity index (χ0v) is 12.1. The fourth-order valence-electron chi connectivity index (χ4n) is 1.44. The molecule has 18 heavy (non-hydrogen) atoms. The van der Waals surface area contributed by atoms with Crippen LogP contribution < -0.4 is 5.32 Å². The SMILES string of the molecule is N#Cc1ccc(Nc2cccc(Cl)c2Br)cc1Cl. The fourth-order valence-corrected chi connectivity index (χ4v) is 2.20. The Hall–Kier alpha value is -1.21. The highest BCUT2D eigenvalue weighted by molar-refractivity contribution is 9.10. The highest BCUT2D eigenvalue weighted by Gasteiger charge is 2.05. The first kappa shape index (κ1) is 13.2. The van der Waals surface area contributed by atoms with Crippen molar-refractivity contribution in [2.75, 3.05) is 5.32 Å². The number of nitrogens with one attached hydrogen (secondary N) is 1. The number of anilines is 2. The average molecular weight is 342 g/mol. The van der Waals surface area contributed by atoms with Crippen molar-refractivity contribution >= 4 is 50.5 Å². The highest BCUT2D eigenvalue weighted by atomic mass is 79.9. The van der Waals surface area contributed by atoms with E-state index in [9.17, 15) is 0 Å². The maximum absolute atomic E-state index is 8.80. The molecule has 1 N–H and O–H groups in total. The minimum atomic E-state index is 0.417. The van der Waals surface area contributed by atoms with Crippen LogP contribution in [0, 0.1) is 11.3 Å². The molecule has 0 unspecified atom stereocenters. The molecule has 2 aromatic rings. The summed E-state index contributed by atoms with van der Waals surface area (Å²) in [6, 6.07) is 12.7. The molecule has 0 aliphatic rings. The van der Waals surface area contributed by atoms with E-state index in [1.165, 1.54) is 0 Å². The molecule has 0 aromatic heterocycles. The summed E-state index contributed by atoms with van der Waals surface area (Å²) in [5.74, 6) is 0. The van der Waals surface area contributed by atoms with Gasteiger partial charge in [-0.05, 0) is 46.3 Å². The minimum Gasteiger partial charge on any atom is -0.355 e. The molecule has 5 heteroatoms. The molecule has 0 aliphatic heterocycles. The van der Waals surface area contributed by atoms with E-state index in [0.717, 1.165) is 15.8 Å². The third-order valence-corrected chi connectivity index (χ3v) is 4.03. The van der Waals surface area contributed by atoms with E-state index < -0.39 is 0 Å². The lowest BCUT2D eigenvalue weighted by Gasteiger charge is -2.10. The zero-order chi connectivity index (χ0) is 13.1. The van der Waals surface area contributed by atoms with Gasteiger partial charge in [-0.3, -0.25) is 0 Å². The molecule has 2 aromatic carbocycles. The molecule has 0 fully saturated rings. The molecule has 2 nitrogen and oxygen atoms in total. The summed E-state index contributed by atoms with van der Waals surface area (Å²) in [5.41, 5.74) is 2.08. The van der Waals surface area contributed by atoms with Crippen molar-refractivity contribution in [3.8, 4) is 6.07 Å². The largest absolute Gasteiger partial charge is 0.355 e. The van der Waals surface area contributed by atoms with Gasteiger partial charge >= 0.3 is 0 Å². The first-order chi connectivity index (χ1) is 8.61. The maximum Gasteiger partial charge on any atom is 0.101 e. The Morgan fingerprint density at radius 2 is 1.89 bits per heavy atom. The second-order valence-electron chi connectivity index (χ2n) is 3.53. The van der Waals surface area contributed by atoms with Crippen molar-refractivity contribution in [1.29, 1.82) is 5.26 Å². The summed E-state index contributed by atoms with van der Waals surface area (Å²) >= 11 is 15.4. The number of nitrogens with zero attached hydrogens (tertiary/aromatic N) is 1. The number of rotatable bonds is 2. The number of benzene rings is 2. The van der Waals surface area contributed by atoms with Crippen molar-refractivity contribution in [3.63, 3.8) is 0 Å². The molecule has 90 valence electrons. The van der Waals surface area contributed by atoms with Gasteiger partial charge in [0.15, 0.2) is 0 Å². The molecular formula is C13H7BrCl2N2. The molecule has 0 aliphatic carbocycles. The smallest absolute Gasteiger partial charge is 0.101 e. The Bertz CT molecular complexity index is 635. The molecule has 0 spiro atoms. The van der Waals surface area contributed by atoms with Crippen molar-refractivity contribution in [2.24, 2.45) is 0 Å². The van der Waals surface area contributed by atoms with E-state index in [-0.39, 0.29) is 0 Å². The van der Waals surface area contributed by atoms with Crippen molar-refractivity contribution in [1.82, 2.24) is 0 Å². The Morgan fingerprint density at radius 1 is 1.11 bits per heavy atom. The Morgan fingerprint density at radius 3 is 2.56 bits per heavy atom. The summed E-state index contributed by atoms with van der Waals surface area (Å²) in [5, 5.41) is 13.0. The molecule has 0 saturated carbocycles. The number of nitriles is 1. The van der Waals surface area contributed by atoms with Gasteiger partial charge in [-0.2, -0.15) is 5.26 Å². The Balaban J connectivity index is 2.32. The second kappa shape index (κ2) is 5.62. The third-order valence-electron chi connectivity index (χ3n) is 2.32. The standard InChI is InChI=1S/C13H7BrCl2N2/c14-13-10(15)2-1-3-12(13)18-9-5-4-8(7-17)11(16)6-9/h1-6,18H. The molecule has 0 atom stereocenters. The predicted molar refractivity (Wildman–Crippen MR) is 78.6 cm³/mol. The van der Waals surface area contributed by atoms with Gasteiger partial charge in [0.2, 0.25) is 0 Å². The topological polar surface area (TPSA) is 35.8 Å². The summed E-state index contributed by atoms with van der Waals surface area (Å²) in [7, 11) is 0. The van der Waals surface area contributed by atoms with Gasteiger partial charge in [0.1, 0.15) is 6.07 Å². The van der Waals surface area contributed by atoms with Gasteiger partial charge in [0, 0.05) is 5.69 Å². The minimum absolute atomic E-state index is 0.417. The van der Waals surface area contributed by atoms with Crippen molar-refractivity contribution in [3.05, 3.63) is 56.5 Å². The van der Waals surface area contributed by atoms with Crippen LogP contribution in [0.5, 0.6) is 0 Å². The van der Waals surface area contributed by atoms with Crippen molar-refractivity contribution < 1.29 is 0 Å². The van der Waals surface area contributed by atoms with Crippen LogP contribution in [0.15, 0.2) is 40.9 Å². The van der Waals surface area contributed by atoms with E-state index in [2.05, 4.69) is 21.2 Å². The van der Waals surface area contributed by atoms with Gasteiger partial charge < -0.3 is 5.32 Å². The van der Waals surface area contributed by atoms with Crippen LogP contribution in [0.3, 0.4) is 0 Å². The quantitative estimate of drug-likeness (QED) is 0.796. The van der Waals surface area contributed by atoms with Gasteiger partial charge in [-0.1, -0.05) is 29.3 Å². The van der Waals surface area contributed by atoms with Crippen LogP contribution in [-0.2, 0) is 0 Å². The summed E-state index contributed by atoms with van der Waals surface area (Å²) < 4.78 is 0.784. The van der Waals surface area contributed by atoms with Crippen LogP contribution in [-0.4, -0.2) is 0 Å². The zero-order valence-electron chi connectivity index (χ0n) is 9.05. The molecule has 0 saturated heterocycles. The van der Waals surface area contributed by atoms with Crippen molar-refractivity contribution in [2.45, 2.75) is 0 Å². The number of hydrogen-bond acceptors (Lipinski definition) is 2. The van der Waals surface area contributed by atoms with Gasteiger partial charge in [-0.25, -0.2) is 0 Å². The molecule has 0 bridgehead atoms. The number of hydrogen-bond donors (Lipinski definition) is 1. The van der Waals surface area contributed by atoms with Crippen LogP contribution in [0.25, 0.3) is 0 Å². The van der Waals surface area contributed by atoms with E-state index in [1.54, 1.807) is 24.3 Å². The predicted octanol–water partition coefficient (Wildman–Crippen LogP) is 5.37. The Kier molecular flexibility index (Phi) is 4.13. The van der Waals surface area contributed by atoms with E-state index in [4.69, 9.17) is 28.5 Å². The van der Waals surface area contributed by atoms with Gasteiger partial charge in [-0.15, -0.1) is 0 Å². The van der Waals surface area contributed by atoms with E-state index in [0.29, 0.717) is 15.6 Å². The van der Waals surface area contributed by atoms with E-state index >= 15 is 0 Å². The third kappa shape index (κ3) is 2.78. The van der Waals surface area contributed by atoms with E-state index in [1.807, 2.05) is 18.2 Å². The first-order valence-electron chi connectivity index (χ1n) is 5.02. The molecule has 2 rings (SSSR count). The van der Waals surface area contributed by atoms with Crippen LogP contribution in [0.2, 0.25) is 10.0 Å². The highest BCUT2D eigenvalue weighted by Crippen LogP contribution is 2.32. The molecule has 0 amide bonds. The fraction of sp³-hybridized carbons (Fsp3) is 0. The normalized spacial score (nSPS) is 9.89. The molecule has 0 radical (unpaired) electrons. The first-order valence-corrected chi connectivity index (χ1v) is 6.57. The van der Waals surface area contributed by atoms with Crippen LogP contribution >= 0.6 is 39.1 Å². The Labute approximate surface area is 123 Å². The maximum atomic E-state index is 8.80. The summed E-state index contributed by atoms with van der Waals surface area (Å²) in [4.78, 5) is 0. The van der Waals surface area contributed by atoms with Crippen LogP contribution in [0.1, 0.15) is 5.56 Å². The van der Waals surface area contributed by atoms with Gasteiger partial charge in [0.05, 0.1) is 25.8 Å². The molecule has 0 heterocycles. The molecular weight excluding hydrogens is 335 g/mol. The summed E-state index contributed by atoms with van der Waals surface area (Å²) in [6.07, 6.45) is 0. The summed E-state index contributed by atoms with van der Waals surface area (Å²) in [6.45, 7) is 0. The lowest BCUT2D eigenvalue weighted by Crippen LogP contribution is -1.92. The monoisotopic (exact) mass is 340 g/mol. The average Bonchev–Trinajstić information content (AvgIpc) is 2.35. The van der Waals surface area contributed by atoms with Crippen LogP contribution in [0.4, 0.5) is 11.4 Å². The number of halogens is 3.